The Balaban J connectivity index is 3.63. The summed E-state index contributed by atoms with van der Waals surface area (Å²) in [5.41, 5.74) is -1.83. The minimum atomic E-state index is -4.48. The maximum absolute atomic E-state index is 12.0. The second-order valence-electron chi connectivity index (χ2n) is 5.66. The van der Waals surface area contributed by atoms with Crippen LogP contribution in [0, 0.1) is 0 Å². The van der Waals surface area contributed by atoms with E-state index in [4.69, 9.17) is 5.26 Å². The molecule has 3 N–H and O–H groups in total. The van der Waals surface area contributed by atoms with E-state index in [0.717, 1.165) is 32.1 Å². The Bertz CT molecular complexity index is 385. The Kier molecular flexibility index (Phi) is 15.6. The summed E-state index contributed by atoms with van der Waals surface area (Å²) in [6.07, 6.45) is -0.368. The molecule has 0 saturated heterocycles. The fraction of sp³-hybridized carbons (Fsp3) is 0.923. The van der Waals surface area contributed by atoms with Crippen LogP contribution in [-0.2, 0) is 29.1 Å². The first-order valence-corrected chi connectivity index (χ1v) is 9.62. The highest BCUT2D eigenvalue weighted by Crippen LogP contribution is 2.36. The van der Waals surface area contributed by atoms with Gasteiger partial charge in [-0.1, -0.05) is 42.2 Å². The van der Waals surface area contributed by atoms with E-state index in [9.17, 15) is 23.1 Å². The van der Waals surface area contributed by atoms with Gasteiger partial charge in [0.1, 0.15) is 15.2 Å². The highest BCUT2D eigenvalue weighted by atomic mass is 31.1. The van der Waals surface area contributed by atoms with Crippen molar-refractivity contribution in [2.45, 2.75) is 69.5 Å². The van der Waals surface area contributed by atoms with Gasteiger partial charge < -0.3 is 10.4 Å². The third kappa shape index (κ3) is 17.7. The van der Waals surface area contributed by atoms with E-state index >= 15 is 0 Å². The van der Waals surface area contributed by atoms with Crippen molar-refractivity contribution < 1.29 is 52.6 Å². The van der Waals surface area contributed by atoms with Gasteiger partial charge in [-0.05, 0) is 12.8 Å². The number of nitrogens with one attached hydrogen (secondary N) is 1. The van der Waals surface area contributed by atoms with Gasteiger partial charge in [0, 0.05) is 22.4 Å². The number of rotatable bonds is 17. The predicted octanol–water partition coefficient (Wildman–Crippen LogP) is 3.51. The van der Waals surface area contributed by atoms with Crippen molar-refractivity contribution in [2.24, 2.45) is 0 Å². The number of hydrogen-bond acceptors (Lipinski definition) is 8. The van der Waals surface area contributed by atoms with Crippen molar-refractivity contribution in [1.29, 1.82) is 0 Å². The van der Waals surface area contributed by atoms with Crippen LogP contribution in [-0.4, -0.2) is 34.5 Å². The third-order valence-electron chi connectivity index (χ3n) is 3.33. The van der Waals surface area contributed by atoms with E-state index in [1.165, 1.54) is 0 Å². The van der Waals surface area contributed by atoms with Crippen molar-refractivity contribution in [3.63, 3.8) is 0 Å². The molecule has 0 spiro atoms. The number of amides is 1. The number of aliphatic hydroxyl groups is 1. The second-order valence-corrected chi connectivity index (χ2v) is 7.00. The highest BCUT2D eigenvalue weighted by Gasteiger charge is 2.32. The molecule has 9 nitrogen and oxygen atoms in total. The maximum atomic E-state index is 12.0. The van der Waals surface area contributed by atoms with Crippen LogP contribution in [0.5, 0.6) is 0 Å². The summed E-state index contributed by atoms with van der Waals surface area (Å²) < 4.78 is 44.3. The van der Waals surface area contributed by atoms with Gasteiger partial charge in [-0.3, -0.25) is 4.79 Å². The normalized spacial score (nSPS) is 14.6. The van der Waals surface area contributed by atoms with Gasteiger partial charge >= 0.3 is 6.18 Å². The molecule has 0 saturated carbocycles. The monoisotopic (exact) mass is 443 g/mol. The van der Waals surface area contributed by atoms with Crippen LogP contribution in [0.3, 0.4) is 0 Å². The van der Waals surface area contributed by atoms with Crippen LogP contribution in [0.1, 0.15) is 57.8 Å². The van der Waals surface area contributed by atoms with E-state index in [1.54, 1.807) is 9.47 Å². The van der Waals surface area contributed by atoms with Crippen LogP contribution >= 0.6 is 18.3 Å². The number of alkyl halides is 3. The number of unbranched alkanes of at least 4 members (excludes halogenated alkanes) is 6. The van der Waals surface area contributed by atoms with E-state index in [0.29, 0.717) is 12.8 Å². The number of carbonyl (C=O) groups is 1. The molecule has 0 fully saturated rings. The topological polar surface area (TPSA) is 116 Å². The first kappa shape index (κ1) is 26.8. The third-order valence-corrected chi connectivity index (χ3v) is 4.21. The quantitative estimate of drug-likeness (QED) is 0.103. The van der Waals surface area contributed by atoms with Gasteiger partial charge in [-0.25, -0.2) is 5.26 Å². The molecule has 0 heterocycles. The van der Waals surface area contributed by atoms with Gasteiger partial charge in [0.15, 0.2) is 0 Å². The molecule has 0 rings (SSSR count). The molecule has 14 heteroatoms. The van der Waals surface area contributed by atoms with Crippen LogP contribution in [0.15, 0.2) is 0 Å². The van der Waals surface area contributed by atoms with Crippen molar-refractivity contribution in [2.75, 3.05) is 6.54 Å². The van der Waals surface area contributed by atoms with Gasteiger partial charge in [-0.15, -0.1) is 0 Å². The zero-order valence-corrected chi connectivity index (χ0v) is 16.8. The fourth-order valence-corrected chi connectivity index (χ4v) is 2.67. The largest absolute Gasteiger partial charge is 0.397 e. The number of carbonyl (C=O) groups excluding carboxylic acids is 1. The van der Waals surface area contributed by atoms with Crippen molar-refractivity contribution >= 4 is 24.2 Å². The van der Waals surface area contributed by atoms with Crippen LogP contribution in [0.2, 0.25) is 0 Å². The Morgan fingerprint density at radius 1 is 1.07 bits per heavy atom. The van der Waals surface area contributed by atoms with Crippen LogP contribution in [0.4, 0.5) is 13.2 Å². The van der Waals surface area contributed by atoms with Gasteiger partial charge in [0.25, 0.3) is 0 Å². The minimum Gasteiger partial charge on any atom is -0.358 e. The average molecular weight is 443 g/mol. The summed E-state index contributed by atoms with van der Waals surface area (Å²) in [6, 6.07) is 0. The summed E-state index contributed by atoms with van der Waals surface area (Å²) in [6.45, 7) is 0.227. The van der Waals surface area contributed by atoms with E-state index < -0.39 is 32.8 Å². The van der Waals surface area contributed by atoms with Crippen LogP contribution < -0.4 is 5.32 Å². The predicted molar refractivity (Wildman–Crippen MR) is 91.6 cm³/mol. The lowest BCUT2D eigenvalue weighted by Gasteiger charge is -2.23. The maximum Gasteiger partial charge on any atom is 0.397 e. The zero-order valence-electron chi connectivity index (χ0n) is 14.6. The van der Waals surface area contributed by atoms with E-state index in [2.05, 4.69) is 29.6 Å². The lowest BCUT2D eigenvalue weighted by molar-refractivity contribution is -0.517. The summed E-state index contributed by atoms with van der Waals surface area (Å²) in [4.78, 5) is 15.6. The first-order valence-electron chi connectivity index (χ1n) is 8.24. The molecule has 0 aliphatic rings. The van der Waals surface area contributed by atoms with Crippen molar-refractivity contribution in [3.8, 4) is 0 Å². The smallest absolute Gasteiger partial charge is 0.358 e. The van der Waals surface area contributed by atoms with Gasteiger partial charge in [0.2, 0.25) is 11.4 Å². The Morgan fingerprint density at radius 3 is 2.22 bits per heavy atom. The summed E-state index contributed by atoms with van der Waals surface area (Å²) in [5.74, 6) is -1.01. The molecule has 0 bridgehead atoms. The summed E-state index contributed by atoms with van der Waals surface area (Å²) in [5, 5.41) is 28.0. The molecule has 1 amide bonds. The fourth-order valence-electron chi connectivity index (χ4n) is 2.12. The molecule has 0 aromatic carbocycles. The molecular weight excluding hydrogens is 417 g/mol. The van der Waals surface area contributed by atoms with E-state index in [-0.39, 0.29) is 13.0 Å². The molecule has 162 valence electrons. The lowest BCUT2D eigenvalue weighted by Crippen LogP contribution is -2.29. The molecule has 3 unspecified atom stereocenters. The molecule has 0 aromatic rings. The van der Waals surface area contributed by atoms with E-state index in [1.807, 2.05) is 0 Å². The Hall–Kier alpha value is -0.160. The molecule has 0 radical (unpaired) electrons. The van der Waals surface area contributed by atoms with Gasteiger partial charge in [-0.2, -0.15) is 27.4 Å². The van der Waals surface area contributed by atoms with Crippen molar-refractivity contribution in [3.05, 3.63) is 0 Å². The lowest BCUT2D eigenvalue weighted by atomic mass is 10.1. The zero-order chi connectivity index (χ0) is 20.6. The number of halogens is 3. The molecule has 0 aliphatic heterocycles. The minimum absolute atomic E-state index is 0.147. The molecule has 0 aliphatic carbocycles. The van der Waals surface area contributed by atoms with Gasteiger partial charge in [0.05, 0.1) is 0 Å². The highest BCUT2D eigenvalue weighted by molar-refractivity contribution is 7.33. The Labute approximate surface area is 159 Å². The number of hydrogen-bond donors (Lipinski definition) is 3. The average Bonchev–Trinajstić information content (AvgIpc) is 2.58. The molecule has 27 heavy (non-hydrogen) atoms. The molecule has 3 atom stereocenters. The molecule has 0 aromatic heterocycles. The second kappa shape index (κ2) is 15.7. The first-order chi connectivity index (χ1) is 12.7. The Morgan fingerprint density at radius 2 is 1.67 bits per heavy atom. The SMILES string of the molecule is O=C(CC(F)(F)F)NCCCCCCCCCC(O)(OOOP)POOO. The summed E-state index contributed by atoms with van der Waals surface area (Å²) >= 11 is 0. The standard InChI is InChI=1S/C13H26F3NO8P2/c14-12(15,16)10-11(18)17-9-7-5-3-1-2-4-6-8-13(19,21-23-24-26)27-25-22-20/h19-20,27H,1-10,26H2,(H,17,18). The van der Waals surface area contributed by atoms with Crippen molar-refractivity contribution in [1.82, 2.24) is 5.32 Å². The summed E-state index contributed by atoms with van der Waals surface area (Å²) in [7, 11) is 0.992. The van der Waals surface area contributed by atoms with Crippen LogP contribution in [0.25, 0.3) is 0 Å². The molecular formula is C13H26F3NO8P2.